The molecule has 0 N–H and O–H groups in total. The fourth-order valence-electron chi connectivity index (χ4n) is 0. The van der Waals surface area contributed by atoms with Crippen molar-refractivity contribution in [1.82, 2.24) is 0 Å². The second kappa shape index (κ2) is 27.1. The van der Waals surface area contributed by atoms with E-state index < -0.39 is 0 Å². The standard InChI is InChI=1S/BH5Si.Cr.Fe/c1-2;;/h1H2,2H3;;. The van der Waals surface area contributed by atoms with Crippen LogP contribution in [0.15, 0.2) is 0 Å². The summed E-state index contributed by atoms with van der Waals surface area (Å²) < 4.78 is 0. The molecule has 4 heteroatoms. The average molecular weight is 152 g/mol. The van der Waals surface area contributed by atoms with Crippen molar-refractivity contribution in [3.63, 3.8) is 0 Å². The Morgan fingerprint density at radius 3 is 1.25 bits per heavy atom. The van der Waals surface area contributed by atoms with Gasteiger partial charge in [-0.25, -0.2) is 0 Å². The average Bonchev–Trinajstić information content (AvgIpc) is 1.00. The zero-order valence-electron chi connectivity index (χ0n) is 2.76. The Hall–Kier alpha value is 1.33. The van der Waals surface area contributed by atoms with Crippen molar-refractivity contribution in [1.29, 1.82) is 0 Å². The number of rotatable bonds is 0. The molecule has 0 spiro atoms. The van der Waals surface area contributed by atoms with E-state index >= 15 is 0 Å². The maximum absolute atomic E-state index is 2.14. The third kappa shape index (κ3) is 10.2. The third-order valence-electron chi connectivity index (χ3n) is 0. The molecule has 0 saturated carbocycles. The van der Waals surface area contributed by atoms with Gasteiger partial charge in [0.25, 0.3) is 0 Å². The normalized spacial score (nSPS) is 2.00. The largest absolute Gasteiger partial charge is 0.0852 e. The summed E-state index contributed by atoms with van der Waals surface area (Å²) in [6.07, 6.45) is 0. The SMILES string of the molecule is B[SiH3].[Cr].[Fe]. The molecule has 0 unspecified atom stereocenters. The van der Waals surface area contributed by atoms with E-state index in [1.807, 2.05) is 0 Å². The fraction of sp³-hybridized carbons (Fsp3) is 0. The summed E-state index contributed by atoms with van der Waals surface area (Å²) >= 11 is 0. The summed E-state index contributed by atoms with van der Waals surface area (Å²) in [5.74, 6) is 0. The van der Waals surface area contributed by atoms with Crippen LogP contribution < -0.4 is 0 Å². The first kappa shape index (κ1) is 18.4. The first-order valence-electron chi connectivity index (χ1n) is 1.00. The molecule has 26 valence electrons. The smallest absolute Gasteiger partial charge is 0.0304 e. The Bertz CT molecular complexity index is 8.00. The summed E-state index contributed by atoms with van der Waals surface area (Å²) in [4.78, 5) is 0. The van der Waals surface area contributed by atoms with Gasteiger partial charge in [0.1, 0.15) is 0 Å². The summed E-state index contributed by atoms with van der Waals surface area (Å²) in [6, 6.07) is 0. The molecule has 0 aromatic carbocycles. The Labute approximate surface area is 52.1 Å². The quantitative estimate of drug-likeness (QED) is 0.348. The van der Waals surface area contributed by atoms with Crippen molar-refractivity contribution in [2.75, 3.05) is 0 Å². The van der Waals surface area contributed by atoms with Crippen molar-refractivity contribution in [2.45, 2.75) is 0 Å². The monoisotopic (exact) mass is 152 g/mol. The molecule has 0 rings (SSSR count). The molecule has 0 nitrogen and oxygen atoms in total. The van der Waals surface area contributed by atoms with Gasteiger partial charge in [0.15, 0.2) is 0 Å². The molecule has 4 heavy (non-hydrogen) atoms. The van der Waals surface area contributed by atoms with Crippen LogP contribution in [0.25, 0.3) is 0 Å². The molecule has 0 aliphatic carbocycles. The van der Waals surface area contributed by atoms with Crippen LogP contribution in [0.5, 0.6) is 0 Å². The Morgan fingerprint density at radius 2 is 1.25 bits per heavy atom. The summed E-state index contributed by atoms with van der Waals surface area (Å²) in [7, 11) is 3.44. The van der Waals surface area contributed by atoms with Crippen molar-refractivity contribution in [2.24, 2.45) is 0 Å². The maximum Gasteiger partial charge on any atom is 0.0852 e. The van der Waals surface area contributed by atoms with Crippen LogP contribution in [0.3, 0.4) is 0 Å². The van der Waals surface area contributed by atoms with Crippen LogP contribution in [0.2, 0.25) is 0 Å². The predicted molar refractivity (Wildman–Crippen MR) is 18.5 cm³/mol. The first-order chi connectivity index (χ1) is 1.00. The van der Waals surface area contributed by atoms with E-state index in [1.54, 1.807) is 0 Å². The van der Waals surface area contributed by atoms with Crippen molar-refractivity contribution >= 4 is 17.6 Å². The van der Waals surface area contributed by atoms with Gasteiger partial charge in [-0.3, -0.25) is 0 Å². The van der Waals surface area contributed by atoms with Gasteiger partial charge in [-0.05, 0) is 10.1 Å². The molecule has 0 aromatic rings. The minimum Gasteiger partial charge on any atom is -0.0304 e. The van der Waals surface area contributed by atoms with Gasteiger partial charge in [-0.1, -0.05) is 0 Å². The summed E-state index contributed by atoms with van der Waals surface area (Å²) in [5, 5.41) is 0. The van der Waals surface area contributed by atoms with Crippen LogP contribution in [0, 0.1) is 0 Å². The fourth-order valence-corrected chi connectivity index (χ4v) is 0. The molecule has 0 aliphatic heterocycles. The van der Waals surface area contributed by atoms with Gasteiger partial charge in [0.05, 0.1) is 7.44 Å². The van der Waals surface area contributed by atoms with Gasteiger partial charge in [0.2, 0.25) is 0 Å². The van der Waals surface area contributed by atoms with E-state index in [4.69, 9.17) is 0 Å². The third-order valence-corrected chi connectivity index (χ3v) is 0. The van der Waals surface area contributed by atoms with Gasteiger partial charge in [0, 0.05) is 34.4 Å². The van der Waals surface area contributed by atoms with E-state index in [1.165, 1.54) is 10.1 Å². The van der Waals surface area contributed by atoms with Crippen molar-refractivity contribution in [3.8, 4) is 0 Å². The van der Waals surface area contributed by atoms with E-state index in [9.17, 15) is 0 Å². The van der Waals surface area contributed by atoms with Gasteiger partial charge in [-0.2, -0.15) is 0 Å². The van der Waals surface area contributed by atoms with E-state index in [2.05, 4.69) is 7.44 Å². The Morgan fingerprint density at radius 1 is 1.25 bits per heavy atom. The van der Waals surface area contributed by atoms with E-state index in [0.717, 1.165) is 0 Å². The molecular formula is H5BCrFeSi. The topological polar surface area (TPSA) is 0 Å². The molecule has 0 radical (unpaired) electrons. The maximum atomic E-state index is 2.14. The van der Waals surface area contributed by atoms with Crippen molar-refractivity contribution in [3.05, 3.63) is 0 Å². The van der Waals surface area contributed by atoms with E-state index in [0.29, 0.717) is 0 Å². The van der Waals surface area contributed by atoms with Gasteiger partial charge in [-0.15, -0.1) is 0 Å². The minimum absolute atomic E-state index is 0. The Balaban J connectivity index is -0.00000000500. The Kier molecular flexibility index (Phi) is 124. The van der Waals surface area contributed by atoms with Crippen LogP contribution in [0.4, 0.5) is 0 Å². The zero-order valence-corrected chi connectivity index (χ0v) is 7.14. The second-order valence-corrected chi connectivity index (χ2v) is 0. The van der Waals surface area contributed by atoms with Gasteiger partial charge < -0.3 is 0 Å². The molecule has 0 heterocycles. The summed E-state index contributed by atoms with van der Waals surface area (Å²) in [6.45, 7) is 0. The molecule has 0 aliphatic rings. The van der Waals surface area contributed by atoms with Gasteiger partial charge >= 0.3 is 0 Å². The van der Waals surface area contributed by atoms with Crippen molar-refractivity contribution < 1.29 is 34.4 Å². The zero-order chi connectivity index (χ0) is 2.00. The second-order valence-electron chi connectivity index (χ2n) is 0. The molecular weight excluding hydrogens is 147 g/mol. The van der Waals surface area contributed by atoms with E-state index in [-0.39, 0.29) is 34.4 Å². The number of hydrogen-bond donors (Lipinski definition) is 0. The first-order valence-corrected chi connectivity index (χ1v) is 3.00. The molecule has 0 atom stereocenters. The summed E-state index contributed by atoms with van der Waals surface area (Å²) in [5.41, 5.74) is 0. The van der Waals surface area contributed by atoms with Crippen LogP contribution in [-0.4, -0.2) is 17.6 Å². The molecule has 0 saturated heterocycles. The van der Waals surface area contributed by atoms with Crippen LogP contribution in [0.1, 0.15) is 0 Å². The van der Waals surface area contributed by atoms with Crippen LogP contribution in [-0.2, 0) is 34.4 Å². The minimum atomic E-state index is 0. The molecule has 0 aromatic heterocycles. The molecule has 0 amide bonds. The number of hydrogen-bond acceptors (Lipinski definition) is 0. The van der Waals surface area contributed by atoms with Crippen LogP contribution >= 0.6 is 0 Å². The predicted octanol–water partition coefficient (Wildman–Crippen LogP) is -2.11. The molecule has 0 bridgehead atoms. The molecule has 0 fully saturated rings.